The van der Waals surface area contributed by atoms with E-state index >= 15 is 0 Å². The molecule has 0 unspecified atom stereocenters. The molecule has 0 radical (unpaired) electrons. The second-order valence-electron chi connectivity index (χ2n) is 4.87. The van der Waals surface area contributed by atoms with Crippen LogP contribution in [0.2, 0.25) is 0 Å². The van der Waals surface area contributed by atoms with E-state index in [4.69, 9.17) is 5.11 Å². The summed E-state index contributed by atoms with van der Waals surface area (Å²) >= 11 is 0. The van der Waals surface area contributed by atoms with Gasteiger partial charge in [-0.3, -0.25) is 4.79 Å². The molecule has 122 valence electrons. The van der Waals surface area contributed by atoms with E-state index in [0.717, 1.165) is 0 Å². The van der Waals surface area contributed by atoms with Gasteiger partial charge in [0, 0.05) is 0 Å². The van der Waals surface area contributed by atoms with Crippen molar-refractivity contribution in [3.63, 3.8) is 0 Å². The standard InChI is InChI=1S/C14H15F4NO3/c1-3-7(2)11(13(21)22)19-12(20)9-6-8(14(16,17)18)4-5-10(9)15/h4-7,11H,3H2,1-2H3,(H,19,20)(H,21,22)/t7-,11-/m0/s1. The van der Waals surface area contributed by atoms with Gasteiger partial charge < -0.3 is 10.4 Å². The largest absolute Gasteiger partial charge is 0.480 e. The fourth-order valence-electron chi connectivity index (χ4n) is 1.78. The predicted molar refractivity (Wildman–Crippen MR) is 69.7 cm³/mol. The van der Waals surface area contributed by atoms with Gasteiger partial charge in [0.25, 0.3) is 5.91 Å². The van der Waals surface area contributed by atoms with Crippen molar-refractivity contribution < 1.29 is 32.3 Å². The minimum absolute atomic E-state index is 0.361. The van der Waals surface area contributed by atoms with E-state index in [0.29, 0.717) is 24.6 Å². The molecule has 1 amide bonds. The zero-order chi connectivity index (χ0) is 17.1. The summed E-state index contributed by atoms with van der Waals surface area (Å²) < 4.78 is 51.3. The lowest BCUT2D eigenvalue weighted by Gasteiger charge is -2.20. The number of alkyl halides is 3. The minimum Gasteiger partial charge on any atom is -0.480 e. The van der Waals surface area contributed by atoms with Crippen molar-refractivity contribution in [3.8, 4) is 0 Å². The number of halogens is 4. The SMILES string of the molecule is CC[C@H](C)[C@H](NC(=O)c1cc(C(F)(F)F)ccc1F)C(=O)O. The molecular weight excluding hydrogens is 306 g/mol. The van der Waals surface area contributed by atoms with Crippen molar-refractivity contribution in [2.45, 2.75) is 32.5 Å². The molecule has 8 heteroatoms. The Balaban J connectivity index is 3.09. The Kier molecular flexibility index (Phi) is 5.51. The van der Waals surface area contributed by atoms with Gasteiger partial charge >= 0.3 is 12.1 Å². The summed E-state index contributed by atoms with van der Waals surface area (Å²) in [5, 5.41) is 11.1. The molecule has 0 bridgehead atoms. The third-order valence-corrected chi connectivity index (χ3v) is 3.30. The van der Waals surface area contributed by atoms with E-state index in [-0.39, 0.29) is 0 Å². The second-order valence-corrected chi connectivity index (χ2v) is 4.87. The maximum atomic E-state index is 13.6. The molecule has 22 heavy (non-hydrogen) atoms. The predicted octanol–water partition coefficient (Wildman–Crippen LogP) is 3.07. The van der Waals surface area contributed by atoms with E-state index < -0.39 is 47.0 Å². The third kappa shape index (κ3) is 4.19. The lowest BCUT2D eigenvalue weighted by Crippen LogP contribution is -2.45. The van der Waals surface area contributed by atoms with Crippen LogP contribution in [0.1, 0.15) is 36.2 Å². The van der Waals surface area contributed by atoms with Gasteiger partial charge in [-0.1, -0.05) is 20.3 Å². The quantitative estimate of drug-likeness (QED) is 0.819. The molecule has 0 saturated heterocycles. The first-order valence-electron chi connectivity index (χ1n) is 6.48. The fourth-order valence-corrected chi connectivity index (χ4v) is 1.78. The van der Waals surface area contributed by atoms with Crippen LogP contribution in [0.3, 0.4) is 0 Å². The van der Waals surface area contributed by atoms with Gasteiger partial charge in [-0.15, -0.1) is 0 Å². The molecule has 0 saturated carbocycles. The number of nitrogens with one attached hydrogen (secondary N) is 1. The summed E-state index contributed by atoms with van der Waals surface area (Å²) in [5.74, 6) is -4.15. The van der Waals surface area contributed by atoms with E-state index in [1.165, 1.54) is 0 Å². The maximum Gasteiger partial charge on any atom is 0.416 e. The van der Waals surface area contributed by atoms with Crippen LogP contribution in [0.4, 0.5) is 17.6 Å². The van der Waals surface area contributed by atoms with Gasteiger partial charge in [0.1, 0.15) is 11.9 Å². The van der Waals surface area contributed by atoms with Gasteiger partial charge in [0.05, 0.1) is 11.1 Å². The van der Waals surface area contributed by atoms with Crippen molar-refractivity contribution >= 4 is 11.9 Å². The molecule has 1 aromatic rings. The lowest BCUT2D eigenvalue weighted by atomic mass is 9.98. The first-order valence-corrected chi connectivity index (χ1v) is 6.48. The van der Waals surface area contributed by atoms with Crippen molar-refractivity contribution in [1.29, 1.82) is 0 Å². The monoisotopic (exact) mass is 321 g/mol. The van der Waals surface area contributed by atoms with Crippen molar-refractivity contribution in [3.05, 3.63) is 35.1 Å². The van der Waals surface area contributed by atoms with Crippen LogP contribution in [0.5, 0.6) is 0 Å². The molecule has 0 aliphatic carbocycles. The van der Waals surface area contributed by atoms with Gasteiger partial charge in [-0.05, 0) is 24.1 Å². The van der Waals surface area contributed by atoms with Crippen molar-refractivity contribution in [2.75, 3.05) is 0 Å². The topological polar surface area (TPSA) is 66.4 Å². The lowest BCUT2D eigenvalue weighted by molar-refractivity contribution is -0.140. The first-order chi connectivity index (χ1) is 10.1. The number of hydrogen-bond acceptors (Lipinski definition) is 2. The molecule has 2 atom stereocenters. The zero-order valence-corrected chi connectivity index (χ0v) is 11.9. The third-order valence-electron chi connectivity index (χ3n) is 3.30. The first kappa shape index (κ1) is 17.9. The number of aliphatic carboxylic acids is 1. The minimum atomic E-state index is -4.73. The van der Waals surface area contributed by atoms with Crippen molar-refractivity contribution in [2.24, 2.45) is 5.92 Å². The number of rotatable bonds is 5. The Morgan fingerprint density at radius 1 is 1.32 bits per heavy atom. The number of amides is 1. The Morgan fingerprint density at radius 2 is 1.91 bits per heavy atom. The Labute approximate surface area is 124 Å². The molecule has 0 aromatic heterocycles. The smallest absolute Gasteiger partial charge is 0.416 e. The number of carbonyl (C=O) groups is 2. The highest BCUT2D eigenvalue weighted by Gasteiger charge is 2.33. The highest BCUT2D eigenvalue weighted by Crippen LogP contribution is 2.30. The van der Waals surface area contributed by atoms with E-state index in [9.17, 15) is 27.2 Å². The van der Waals surface area contributed by atoms with E-state index in [2.05, 4.69) is 5.32 Å². The van der Waals surface area contributed by atoms with Crippen LogP contribution < -0.4 is 5.32 Å². The number of carbonyl (C=O) groups excluding carboxylic acids is 1. The molecule has 1 aromatic carbocycles. The summed E-state index contributed by atoms with van der Waals surface area (Å²) in [4.78, 5) is 23.0. The summed E-state index contributed by atoms with van der Waals surface area (Å²) in [6.45, 7) is 3.25. The number of hydrogen-bond donors (Lipinski definition) is 2. The van der Waals surface area contributed by atoms with E-state index in [1.807, 2.05) is 0 Å². The molecule has 0 aliphatic rings. The van der Waals surface area contributed by atoms with Crippen LogP contribution in [-0.4, -0.2) is 23.0 Å². The van der Waals surface area contributed by atoms with Crippen molar-refractivity contribution in [1.82, 2.24) is 5.32 Å². The average Bonchev–Trinajstić information content (AvgIpc) is 2.42. The van der Waals surface area contributed by atoms with Crippen LogP contribution in [-0.2, 0) is 11.0 Å². The maximum absolute atomic E-state index is 13.6. The molecule has 0 aliphatic heterocycles. The number of carboxylic acids is 1. The van der Waals surface area contributed by atoms with Crippen LogP contribution >= 0.6 is 0 Å². The molecule has 2 N–H and O–H groups in total. The average molecular weight is 321 g/mol. The van der Waals surface area contributed by atoms with Crippen LogP contribution in [0, 0.1) is 11.7 Å². The van der Waals surface area contributed by atoms with Gasteiger partial charge in [-0.2, -0.15) is 13.2 Å². The zero-order valence-electron chi connectivity index (χ0n) is 11.9. The fraction of sp³-hybridized carbons (Fsp3) is 0.429. The highest BCUT2D eigenvalue weighted by atomic mass is 19.4. The Bertz CT molecular complexity index is 572. The molecule has 0 fully saturated rings. The second kappa shape index (κ2) is 6.76. The van der Waals surface area contributed by atoms with E-state index in [1.54, 1.807) is 13.8 Å². The molecule has 4 nitrogen and oxygen atoms in total. The molecule has 0 spiro atoms. The highest BCUT2D eigenvalue weighted by molar-refractivity contribution is 5.97. The van der Waals surface area contributed by atoms with Gasteiger partial charge in [-0.25, -0.2) is 9.18 Å². The van der Waals surface area contributed by atoms with Crippen LogP contribution in [0.25, 0.3) is 0 Å². The summed E-state index contributed by atoms with van der Waals surface area (Å²) in [5.41, 5.74) is -2.03. The van der Waals surface area contributed by atoms with Gasteiger partial charge in [0.2, 0.25) is 0 Å². The normalized spacial score (nSPS) is 14.3. The number of carboxylic acid groups (broad SMARTS) is 1. The summed E-state index contributed by atoms with van der Waals surface area (Å²) in [6.07, 6.45) is -4.31. The number of benzene rings is 1. The molecular formula is C14H15F4NO3. The Hall–Kier alpha value is -2.12. The summed E-state index contributed by atoms with van der Waals surface area (Å²) in [6, 6.07) is 0.0818. The molecule has 1 rings (SSSR count). The Morgan fingerprint density at radius 3 is 2.36 bits per heavy atom. The van der Waals surface area contributed by atoms with Crippen LogP contribution in [0.15, 0.2) is 18.2 Å². The van der Waals surface area contributed by atoms with Gasteiger partial charge in [0.15, 0.2) is 0 Å². The molecule has 0 heterocycles. The summed E-state index contributed by atoms with van der Waals surface area (Å²) in [7, 11) is 0.